The predicted octanol–water partition coefficient (Wildman–Crippen LogP) is 6.06. The van der Waals surface area contributed by atoms with Gasteiger partial charge in [0.2, 0.25) is 0 Å². The van der Waals surface area contributed by atoms with Gasteiger partial charge in [-0.1, -0.05) is 60.7 Å². The van der Waals surface area contributed by atoms with Gasteiger partial charge in [0.15, 0.2) is 0 Å². The van der Waals surface area contributed by atoms with Crippen LogP contribution in [-0.4, -0.2) is 37.7 Å². The number of rotatable bonds is 7. The third-order valence-corrected chi connectivity index (χ3v) is 6.57. The lowest BCUT2D eigenvalue weighted by molar-refractivity contribution is 0.240. The first kappa shape index (κ1) is 22.9. The number of hydrogen-bond acceptors (Lipinski definition) is 5. The molecule has 1 aromatic heterocycles. The number of hydrogen-bond donors (Lipinski definition) is 1. The van der Waals surface area contributed by atoms with Crippen LogP contribution in [0.1, 0.15) is 18.4 Å². The van der Waals surface area contributed by atoms with Crippen LogP contribution in [0.25, 0.3) is 28.2 Å². The summed E-state index contributed by atoms with van der Waals surface area (Å²) in [6.07, 6.45) is 6.46. The Bertz CT molecular complexity index is 1370. The van der Waals surface area contributed by atoms with Gasteiger partial charge in [-0.05, 0) is 53.8 Å². The van der Waals surface area contributed by atoms with Crippen molar-refractivity contribution in [2.24, 2.45) is 0 Å². The number of anilines is 1. The summed E-state index contributed by atoms with van der Waals surface area (Å²) in [7, 11) is 1.67. The number of nitrogens with zero attached hydrogens (tertiary/aromatic N) is 1. The molecule has 0 radical (unpaired) electrons. The second kappa shape index (κ2) is 10.6. The molecule has 0 amide bonds. The van der Waals surface area contributed by atoms with Crippen molar-refractivity contribution in [1.82, 2.24) is 4.90 Å². The number of fused-ring (bicyclic) bond motifs is 1. The summed E-state index contributed by atoms with van der Waals surface area (Å²) in [4.78, 5) is 14.7. The molecule has 2 heterocycles. The van der Waals surface area contributed by atoms with Gasteiger partial charge in [-0.2, -0.15) is 0 Å². The molecule has 1 aliphatic heterocycles. The van der Waals surface area contributed by atoms with Gasteiger partial charge >= 0.3 is 5.63 Å². The van der Waals surface area contributed by atoms with Crippen molar-refractivity contribution in [3.63, 3.8) is 0 Å². The van der Waals surface area contributed by atoms with Crippen LogP contribution in [0.5, 0.6) is 5.75 Å². The summed E-state index contributed by atoms with van der Waals surface area (Å²) in [5.41, 5.74) is 4.43. The van der Waals surface area contributed by atoms with E-state index in [1.165, 1.54) is 5.56 Å². The summed E-state index contributed by atoms with van der Waals surface area (Å²) < 4.78 is 10.9. The van der Waals surface area contributed by atoms with E-state index in [1.807, 2.05) is 36.4 Å². The Hall–Kier alpha value is -3.83. The second-order valence-electron chi connectivity index (χ2n) is 8.95. The van der Waals surface area contributed by atoms with Gasteiger partial charge in [-0.3, -0.25) is 4.90 Å². The van der Waals surface area contributed by atoms with E-state index in [2.05, 4.69) is 58.8 Å². The van der Waals surface area contributed by atoms with Crippen LogP contribution in [-0.2, 0) is 0 Å². The summed E-state index contributed by atoms with van der Waals surface area (Å²) in [6, 6.07) is 26.2. The van der Waals surface area contributed by atoms with E-state index >= 15 is 0 Å². The SMILES string of the molecule is COc1cccc(-c2ccc3oc(=O)cc(NC4CCN(CC=Cc5ccccc5)CC4)c3c2)c1. The highest BCUT2D eigenvalue weighted by Gasteiger charge is 2.19. The van der Waals surface area contributed by atoms with E-state index < -0.39 is 0 Å². The number of methoxy groups -OCH3 is 1. The van der Waals surface area contributed by atoms with Crippen LogP contribution in [0, 0.1) is 0 Å². The lowest BCUT2D eigenvalue weighted by Crippen LogP contribution is -2.39. The zero-order valence-corrected chi connectivity index (χ0v) is 19.9. The van der Waals surface area contributed by atoms with Crippen molar-refractivity contribution in [1.29, 1.82) is 0 Å². The zero-order chi connectivity index (χ0) is 24.0. The van der Waals surface area contributed by atoms with Crippen molar-refractivity contribution in [2.75, 3.05) is 32.1 Å². The van der Waals surface area contributed by atoms with Crippen molar-refractivity contribution in [2.45, 2.75) is 18.9 Å². The van der Waals surface area contributed by atoms with Gasteiger partial charge in [0, 0.05) is 37.1 Å². The minimum atomic E-state index is -0.336. The molecule has 5 heteroatoms. The molecule has 0 unspecified atom stereocenters. The van der Waals surface area contributed by atoms with Crippen LogP contribution >= 0.6 is 0 Å². The Balaban J connectivity index is 1.28. The largest absolute Gasteiger partial charge is 0.497 e. The highest BCUT2D eigenvalue weighted by atomic mass is 16.5. The third kappa shape index (κ3) is 5.64. The summed E-state index contributed by atoms with van der Waals surface area (Å²) in [5, 5.41) is 4.55. The normalized spacial score (nSPS) is 15.0. The molecular formula is C30H30N2O3. The van der Waals surface area contributed by atoms with Gasteiger partial charge in [0.1, 0.15) is 11.3 Å². The van der Waals surface area contributed by atoms with E-state index in [9.17, 15) is 4.79 Å². The molecule has 1 aliphatic rings. The first-order valence-corrected chi connectivity index (χ1v) is 12.1. The Kier molecular flexibility index (Phi) is 6.96. The van der Waals surface area contributed by atoms with Crippen LogP contribution in [0.2, 0.25) is 0 Å². The molecule has 1 N–H and O–H groups in total. The Morgan fingerprint density at radius 2 is 1.77 bits per heavy atom. The predicted molar refractivity (Wildman–Crippen MR) is 143 cm³/mol. The maximum absolute atomic E-state index is 12.2. The first-order chi connectivity index (χ1) is 17.2. The molecule has 0 bridgehead atoms. The monoisotopic (exact) mass is 466 g/mol. The fraction of sp³-hybridized carbons (Fsp3) is 0.233. The Morgan fingerprint density at radius 3 is 2.57 bits per heavy atom. The zero-order valence-electron chi connectivity index (χ0n) is 19.9. The molecule has 3 aromatic carbocycles. The second-order valence-corrected chi connectivity index (χ2v) is 8.95. The minimum absolute atomic E-state index is 0.315. The molecule has 4 aromatic rings. The molecule has 0 saturated carbocycles. The standard InChI is InChI=1S/C30H30N2O3/c1-34-26-11-5-10-23(19-26)24-12-13-29-27(20-24)28(21-30(33)35-29)31-25-14-17-32(18-15-25)16-6-9-22-7-3-2-4-8-22/h2-13,19-21,25,31H,14-18H2,1H3. The fourth-order valence-corrected chi connectivity index (χ4v) is 4.65. The molecule has 0 spiro atoms. The Labute approximate surface area is 205 Å². The van der Waals surface area contributed by atoms with Crippen molar-refractivity contribution in [3.8, 4) is 16.9 Å². The number of benzene rings is 3. The number of nitrogens with one attached hydrogen (secondary N) is 1. The molecule has 1 saturated heterocycles. The number of piperidine rings is 1. The van der Waals surface area contributed by atoms with E-state index in [0.29, 0.717) is 11.6 Å². The first-order valence-electron chi connectivity index (χ1n) is 12.1. The van der Waals surface area contributed by atoms with Crippen molar-refractivity contribution >= 4 is 22.7 Å². The quantitative estimate of drug-likeness (QED) is 0.336. The molecule has 5 nitrogen and oxygen atoms in total. The highest BCUT2D eigenvalue weighted by molar-refractivity contribution is 5.93. The lowest BCUT2D eigenvalue weighted by atomic mass is 10.0. The van der Waals surface area contributed by atoms with Crippen molar-refractivity contribution < 1.29 is 9.15 Å². The lowest BCUT2D eigenvalue weighted by Gasteiger charge is -2.32. The Morgan fingerprint density at radius 1 is 0.971 bits per heavy atom. The molecule has 1 fully saturated rings. The van der Waals surface area contributed by atoms with Crippen LogP contribution in [0.15, 0.2) is 94.2 Å². The van der Waals surface area contributed by atoms with Crippen LogP contribution in [0.3, 0.4) is 0 Å². The maximum atomic E-state index is 12.2. The smallest absolute Gasteiger partial charge is 0.338 e. The molecule has 0 atom stereocenters. The summed E-state index contributed by atoms with van der Waals surface area (Å²) >= 11 is 0. The van der Waals surface area contributed by atoms with Crippen molar-refractivity contribution in [3.05, 3.63) is 101 Å². The van der Waals surface area contributed by atoms with E-state index in [4.69, 9.17) is 9.15 Å². The highest BCUT2D eigenvalue weighted by Crippen LogP contribution is 2.31. The van der Waals surface area contributed by atoms with Crippen LogP contribution < -0.4 is 15.7 Å². The minimum Gasteiger partial charge on any atom is -0.497 e. The van der Waals surface area contributed by atoms with Gasteiger partial charge in [0.25, 0.3) is 0 Å². The van der Waals surface area contributed by atoms with E-state index in [0.717, 1.165) is 60.4 Å². The molecular weight excluding hydrogens is 436 g/mol. The maximum Gasteiger partial charge on any atom is 0.338 e. The molecule has 5 rings (SSSR count). The topological polar surface area (TPSA) is 54.7 Å². The molecule has 178 valence electrons. The average molecular weight is 467 g/mol. The summed E-state index contributed by atoms with van der Waals surface area (Å²) in [6.45, 7) is 2.99. The summed E-state index contributed by atoms with van der Waals surface area (Å²) in [5.74, 6) is 0.811. The van der Waals surface area contributed by atoms with Gasteiger partial charge in [-0.25, -0.2) is 4.79 Å². The van der Waals surface area contributed by atoms with Gasteiger partial charge in [0.05, 0.1) is 12.8 Å². The third-order valence-electron chi connectivity index (χ3n) is 6.57. The van der Waals surface area contributed by atoms with Crippen LogP contribution in [0.4, 0.5) is 5.69 Å². The van der Waals surface area contributed by atoms with Gasteiger partial charge in [-0.15, -0.1) is 0 Å². The molecule has 35 heavy (non-hydrogen) atoms. The van der Waals surface area contributed by atoms with E-state index in [1.54, 1.807) is 13.2 Å². The fourth-order valence-electron chi connectivity index (χ4n) is 4.65. The number of likely N-dealkylation sites (tertiary alicyclic amines) is 1. The van der Waals surface area contributed by atoms with E-state index in [-0.39, 0.29) is 5.63 Å². The van der Waals surface area contributed by atoms with Gasteiger partial charge < -0.3 is 14.5 Å². The molecule has 0 aliphatic carbocycles. The number of ether oxygens (including phenoxy) is 1. The average Bonchev–Trinajstić information content (AvgIpc) is 2.90.